The van der Waals surface area contributed by atoms with E-state index in [1.165, 1.54) is 38.6 Å². The van der Waals surface area contributed by atoms with Crippen LogP contribution in [0.1, 0.15) is 30.1 Å². The molecule has 0 aromatic heterocycles. The lowest BCUT2D eigenvalue weighted by atomic mass is 9.79. The van der Waals surface area contributed by atoms with Gasteiger partial charge in [-0.15, -0.1) is 0 Å². The number of fused-ring (bicyclic) bond motifs is 5. The fourth-order valence-electron chi connectivity index (χ4n) is 4.52. The smallest absolute Gasteiger partial charge is 0.0454 e. The molecule has 1 aliphatic carbocycles. The van der Waals surface area contributed by atoms with Gasteiger partial charge in [-0.2, -0.15) is 0 Å². The highest BCUT2D eigenvalue weighted by Gasteiger charge is 2.24. The van der Waals surface area contributed by atoms with Crippen LogP contribution in [0.15, 0.2) is 90.0 Å². The normalized spacial score (nSPS) is 13.5. The molecule has 2 atom stereocenters. The summed E-state index contributed by atoms with van der Waals surface area (Å²) >= 11 is 0. The summed E-state index contributed by atoms with van der Waals surface area (Å²) in [7, 11) is 0. The van der Waals surface area contributed by atoms with E-state index in [9.17, 15) is 0 Å². The highest BCUT2D eigenvalue weighted by Crippen LogP contribution is 2.47. The molecule has 0 saturated heterocycles. The van der Waals surface area contributed by atoms with Crippen molar-refractivity contribution >= 4 is 10.8 Å². The fraction of sp³-hybridized carbons (Fsp3) is 0.154. The van der Waals surface area contributed by atoms with Crippen molar-refractivity contribution in [3.05, 3.63) is 106 Å². The summed E-state index contributed by atoms with van der Waals surface area (Å²) in [5, 5.41) is 10.1. The Labute approximate surface area is 175 Å². The molecule has 0 amide bonds. The van der Waals surface area contributed by atoms with E-state index < -0.39 is 0 Å². The van der Waals surface area contributed by atoms with Crippen molar-refractivity contribution in [2.24, 2.45) is 5.11 Å². The van der Waals surface area contributed by atoms with Crippen LogP contribution in [0, 0.1) is 0 Å². The topological polar surface area (TPSA) is 60.8 Å². The van der Waals surface area contributed by atoms with Gasteiger partial charge in [-0.05, 0) is 62.7 Å². The molecule has 0 bridgehead atoms. The molecule has 0 spiro atoms. The van der Waals surface area contributed by atoms with Crippen LogP contribution in [-0.4, -0.2) is 6.54 Å². The zero-order valence-electron chi connectivity index (χ0n) is 16.8. The average molecular weight is 390 g/mol. The number of nitrogens with one attached hydrogen (secondary N) is 1. The Morgan fingerprint density at radius 1 is 0.833 bits per heavy atom. The van der Waals surface area contributed by atoms with Crippen LogP contribution < -0.4 is 5.32 Å². The molecule has 0 saturated carbocycles. The second-order valence-electron chi connectivity index (χ2n) is 7.77. The van der Waals surface area contributed by atoms with Crippen LogP contribution in [0.4, 0.5) is 0 Å². The molecule has 1 N–H and O–H groups in total. The Balaban J connectivity index is 1.47. The van der Waals surface area contributed by atoms with Gasteiger partial charge in [0.05, 0.1) is 0 Å². The molecule has 1 aliphatic rings. The minimum absolute atomic E-state index is 0.0621. The second-order valence-corrected chi connectivity index (χ2v) is 7.77. The van der Waals surface area contributed by atoms with E-state index in [1.54, 1.807) is 0 Å². The first-order chi connectivity index (χ1) is 14.8. The van der Waals surface area contributed by atoms with Crippen LogP contribution in [0.5, 0.6) is 0 Å². The summed E-state index contributed by atoms with van der Waals surface area (Å²) in [4.78, 5) is 3.01. The van der Waals surface area contributed by atoms with Gasteiger partial charge in [0.15, 0.2) is 0 Å². The highest BCUT2D eigenvalue weighted by molar-refractivity contribution is 6.02. The molecule has 4 nitrogen and oxygen atoms in total. The van der Waals surface area contributed by atoms with Crippen LogP contribution in [0.2, 0.25) is 0 Å². The monoisotopic (exact) mass is 390 g/mol. The van der Waals surface area contributed by atoms with Crippen molar-refractivity contribution < 1.29 is 0 Å². The Morgan fingerprint density at radius 3 is 2.37 bits per heavy atom. The summed E-state index contributed by atoms with van der Waals surface area (Å²) in [5.74, 6) is 0. The molecule has 4 heteroatoms. The highest BCUT2D eigenvalue weighted by atomic mass is 15.1. The summed E-state index contributed by atoms with van der Waals surface area (Å²) < 4.78 is 0. The van der Waals surface area contributed by atoms with Crippen molar-refractivity contribution in [3.63, 3.8) is 0 Å². The molecule has 0 aliphatic heterocycles. The molecule has 0 unspecified atom stereocenters. The van der Waals surface area contributed by atoms with E-state index in [2.05, 4.69) is 107 Å². The SMILES string of the molecule is C[C@H](N[C@H](CN=[N+]=[N-])c1ccc2c(c1)-c1ccccc1-2)c1cccc2ccccc12. The minimum Gasteiger partial charge on any atom is -0.303 e. The van der Waals surface area contributed by atoms with Crippen molar-refractivity contribution in [2.75, 3.05) is 6.54 Å². The van der Waals surface area contributed by atoms with Gasteiger partial charge in [0.1, 0.15) is 0 Å². The average Bonchev–Trinajstić information content (AvgIpc) is 2.79. The molecule has 0 radical (unpaired) electrons. The largest absolute Gasteiger partial charge is 0.303 e. The summed E-state index contributed by atoms with van der Waals surface area (Å²) in [5.41, 5.74) is 16.5. The molecule has 5 rings (SSSR count). The first kappa shape index (κ1) is 18.4. The summed E-state index contributed by atoms with van der Waals surface area (Å²) in [6.45, 7) is 2.54. The van der Waals surface area contributed by atoms with E-state index in [4.69, 9.17) is 5.53 Å². The first-order valence-electron chi connectivity index (χ1n) is 10.2. The Morgan fingerprint density at radius 2 is 1.53 bits per heavy atom. The lowest BCUT2D eigenvalue weighted by Gasteiger charge is -2.28. The van der Waals surface area contributed by atoms with Crippen molar-refractivity contribution in [1.29, 1.82) is 0 Å². The van der Waals surface area contributed by atoms with Crippen LogP contribution in [-0.2, 0) is 0 Å². The number of azide groups is 1. The molecule has 146 valence electrons. The second kappa shape index (κ2) is 7.68. The molecule has 30 heavy (non-hydrogen) atoms. The van der Waals surface area contributed by atoms with E-state index in [1.807, 2.05) is 0 Å². The van der Waals surface area contributed by atoms with E-state index in [0.717, 1.165) is 5.56 Å². The van der Waals surface area contributed by atoms with Gasteiger partial charge in [-0.1, -0.05) is 84.0 Å². The zero-order valence-corrected chi connectivity index (χ0v) is 16.8. The van der Waals surface area contributed by atoms with Crippen molar-refractivity contribution in [2.45, 2.75) is 19.0 Å². The molecule has 4 aromatic rings. The number of hydrogen-bond donors (Lipinski definition) is 1. The predicted octanol–water partition coefficient (Wildman–Crippen LogP) is 7.19. The predicted molar refractivity (Wildman–Crippen MR) is 123 cm³/mol. The molecule has 0 fully saturated rings. The van der Waals surface area contributed by atoms with E-state index in [-0.39, 0.29) is 12.1 Å². The fourth-order valence-corrected chi connectivity index (χ4v) is 4.52. The van der Waals surface area contributed by atoms with Crippen LogP contribution >= 0.6 is 0 Å². The standard InChI is InChI=1S/C26H22N4/c1-17(20-12-6-8-18-7-2-3-9-21(18)20)29-26(16-28-30-27)19-13-14-24-22-10-4-5-11-23(22)25(24)15-19/h2-15,17,26,29H,16H2,1H3/t17-,26+/m0/s1. The maximum Gasteiger partial charge on any atom is 0.0454 e. The zero-order chi connectivity index (χ0) is 20.5. The van der Waals surface area contributed by atoms with Crippen LogP contribution in [0.25, 0.3) is 43.5 Å². The van der Waals surface area contributed by atoms with Gasteiger partial charge in [-0.3, -0.25) is 0 Å². The summed E-state index contributed by atoms with van der Waals surface area (Å²) in [6.07, 6.45) is 0. The maximum atomic E-state index is 8.93. The molecular weight excluding hydrogens is 368 g/mol. The molecule has 0 heterocycles. The first-order valence-corrected chi connectivity index (χ1v) is 10.2. The van der Waals surface area contributed by atoms with Crippen molar-refractivity contribution in [1.82, 2.24) is 5.32 Å². The third-order valence-corrected chi connectivity index (χ3v) is 6.02. The van der Waals surface area contributed by atoms with Gasteiger partial charge in [0.25, 0.3) is 0 Å². The number of benzene rings is 4. The lowest BCUT2D eigenvalue weighted by molar-refractivity contribution is 0.475. The lowest BCUT2D eigenvalue weighted by Crippen LogP contribution is -2.27. The Kier molecular flexibility index (Phi) is 4.72. The van der Waals surface area contributed by atoms with Crippen molar-refractivity contribution in [3.8, 4) is 22.3 Å². The summed E-state index contributed by atoms with van der Waals surface area (Å²) in [6, 6.07) is 29.9. The van der Waals surface area contributed by atoms with Gasteiger partial charge < -0.3 is 5.32 Å². The van der Waals surface area contributed by atoms with E-state index in [0.29, 0.717) is 6.54 Å². The Hall–Kier alpha value is -3.59. The minimum atomic E-state index is -0.0621. The molecule has 4 aromatic carbocycles. The Bertz CT molecular complexity index is 1280. The quantitative estimate of drug-likeness (QED) is 0.186. The van der Waals surface area contributed by atoms with Gasteiger partial charge in [0, 0.05) is 23.5 Å². The van der Waals surface area contributed by atoms with Gasteiger partial charge in [-0.25, -0.2) is 0 Å². The maximum absolute atomic E-state index is 8.93. The third-order valence-electron chi connectivity index (χ3n) is 6.02. The number of nitrogens with zero attached hydrogens (tertiary/aromatic N) is 3. The van der Waals surface area contributed by atoms with Gasteiger partial charge in [0.2, 0.25) is 0 Å². The number of rotatable bonds is 6. The van der Waals surface area contributed by atoms with E-state index >= 15 is 0 Å². The third kappa shape index (κ3) is 3.13. The van der Waals surface area contributed by atoms with Gasteiger partial charge >= 0.3 is 0 Å². The molecular formula is C26H22N4. The van der Waals surface area contributed by atoms with Crippen LogP contribution in [0.3, 0.4) is 0 Å². The number of hydrogen-bond acceptors (Lipinski definition) is 2.